The second kappa shape index (κ2) is 13.3. The van der Waals surface area contributed by atoms with Crippen molar-refractivity contribution < 1.29 is 0 Å². The van der Waals surface area contributed by atoms with Gasteiger partial charge in [0.2, 0.25) is 0 Å². The van der Waals surface area contributed by atoms with Crippen molar-refractivity contribution in [3.05, 3.63) is 149 Å². The van der Waals surface area contributed by atoms with E-state index in [1.807, 2.05) is 0 Å². The maximum atomic E-state index is 4.02. The van der Waals surface area contributed by atoms with Crippen LogP contribution in [0.3, 0.4) is 0 Å². The summed E-state index contributed by atoms with van der Waals surface area (Å²) >= 11 is 0. The molecule has 0 radical (unpaired) electrons. The Labute approximate surface area is 330 Å². The standard InChI is InChI=1S/C52H55BN2/c1-8-9-11-17-34-30-39(48-47(31-34)55-46-23-15-14-20-40(46)52(6,7)41-21-16-22-44(53-48)49(41)55)38-32-42-43(51(4,5)29-28-50(42,2)3)33-45(38)54-37-26-24-36(25-27-37)35-18-12-10-13-19-35/h10,12-16,18-27,30-33,53-54H,8-9,11,17,28-29H2,1-7H3. The van der Waals surface area contributed by atoms with Crippen molar-refractivity contribution in [2.45, 2.75) is 103 Å². The summed E-state index contributed by atoms with van der Waals surface area (Å²) in [6.07, 6.45) is 7.11. The molecule has 1 N–H and O–H groups in total. The average molecular weight is 719 g/mol. The number of aryl methyl sites for hydroxylation is 1. The van der Waals surface area contributed by atoms with Gasteiger partial charge in [-0.15, -0.1) is 0 Å². The molecule has 276 valence electrons. The number of para-hydroxylation sites is 2. The summed E-state index contributed by atoms with van der Waals surface area (Å²) in [5, 5.41) is 4.02. The summed E-state index contributed by atoms with van der Waals surface area (Å²) in [7, 11) is 0.912. The molecule has 3 aliphatic rings. The molecule has 0 unspecified atom stereocenters. The third-order valence-electron chi connectivity index (χ3n) is 13.4. The molecule has 1 aliphatic carbocycles. The molecule has 0 saturated heterocycles. The first-order chi connectivity index (χ1) is 26.5. The van der Waals surface area contributed by atoms with Crippen molar-refractivity contribution in [2.75, 3.05) is 10.2 Å². The first-order valence-electron chi connectivity index (χ1n) is 20.8. The summed E-state index contributed by atoms with van der Waals surface area (Å²) in [6.45, 7) is 16.9. The van der Waals surface area contributed by atoms with Gasteiger partial charge in [0.15, 0.2) is 7.28 Å². The molecule has 0 amide bonds. The van der Waals surface area contributed by atoms with Gasteiger partial charge in [0.25, 0.3) is 0 Å². The van der Waals surface area contributed by atoms with Crippen molar-refractivity contribution in [3.8, 4) is 22.3 Å². The van der Waals surface area contributed by atoms with Crippen LogP contribution in [0, 0.1) is 0 Å². The molecular formula is C52H55BN2. The molecular weight excluding hydrogens is 663 g/mol. The Balaban J connectivity index is 1.28. The molecule has 55 heavy (non-hydrogen) atoms. The fourth-order valence-electron chi connectivity index (χ4n) is 9.94. The minimum absolute atomic E-state index is 0.0818. The smallest absolute Gasteiger partial charge is 0.198 e. The Kier molecular flexibility index (Phi) is 8.65. The fraction of sp³-hybridized carbons (Fsp3) is 0.308. The lowest BCUT2D eigenvalue weighted by atomic mass is 9.55. The molecule has 0 fully saturated rings. The highest BCUT2D eigenvalue weighted by molar-refractivity contribution is 6.73. The third-order valence-corrected chi connectivity index (χ3v) is 13.4. The van der Waals surface area contributed by atoms with E-state index < -0.39 is 0 Å². The molecule has 0 atom stereocenters. The predicted molar refractivity (Wildman–Crippen MR) is 239 cm³/mol. The van der Waals surface area contributed by atoms with E-state index in [-0.39, 0.29) is 16.2 Å². The van der Waals surface area contributed by atoms with Gasteiger partial charge in [0.1, 0.15) is 0 Å². The van der Waals surface area contributed by atoms with E-state index in [1.165, 1.54) is 116 Å². The van der Waals surface area contributed by atoms with Gasteiger partial charge in [0.05, 0.1) is 5.69 Å². The van der Waals surface area contributed by atoms with Crippen LogP contribution in [-0.2, 0) is 22.7 Å². The van der Waals surface area contributed by atoms with Crippen molar-refractivity contribution in [1.29, 1.82) is 0 Å². The van der Waals surface area contributed by atoms with E-state index >= 15 is 0 Å². The summed E-state index contributed by atoms with van der Waals surface area (Å²) in [5.41, 5.74) is 21.7. The van der Waals surface area contributed by atoms with Gasteiger partial charge in [-0.1, -0.05) is 152 Å². The van der Waals surface area contributed by atoms with Crippen molar-refractivity contribution in [2.24, 2.45) is 0 Å². The molecule has 6 aromatic carbocycles. The molecule has 0 saturated carbocycles. The Morgan fingerprint density at radius 2 is 1.27 bits per heavy atom. The Morgan fingerprint density at radius 1 is 0.600 bits per heavy atom. The van der Waals surface area contributed by atoms with E-state index in [2.05, 4.69) is 180 Å². The monoisotopic (exact) mass is 718 g/mol. The minimum Gasteiger partial charge on any atom is -0.355 e. The van der Waals surface area contributed by atoms with Gasteiger partial charge < -0.3 is 10.2 Å². The fourth-order valence-corrected chi connectivity index (χ4v) is 9.94. The lowest BCUT2D eigenvalue weighted by molar-refractivity contribution is 0.332. The van der Waals surface area contributed by atoms with E-state index in [0.29, 0.717) is 0 Å². The summed E-state index contributed by atoms with van der Waals surface area (Å²) < 4.78 is 0. The van der Waals surface area contributed by atoms with Crippen LogP contribution in [0.4, 0.5) is 28.4 Å². The van der Waals surface area contributed by atoms with E-state index in [9.17, 15) is 0 Å². The summed E-state index contributed by atoms with van der Waals surface area (Å²) in [6, 6.07) is 46.1. The van der Waals surface area contributed by atoms with Gasteiger partial charge >= 0.3 is 0 Å². The van der Waals surface area contributed by atoms with Crippen molar-refractivity contribution in [3.63, 3.8) is 0 Å². The number of hydrogen-bond acceptors (Lipinski definition) is 2. The molecule has 0 spiro atoms. The topological polar surface area (TPSA) is 15.3 Å². The van der Waals surface area contributed by atoms with E-state index in [0.717, 1.165) is 19.4 Å². The zero-order valence-electron chi connectivity index (χ0n) is 33.9. The number of fused-ring (bicyclic) bond motifs is 5. The van der Waals surface area contributed by atoms with E-state index in [1.54, 1.807) is 0 Å². The largest absolute Gasteiger partial charge is 0.355 e. The first-order valence-corrected chi connectivity index (χ1v) is 20.8. The van der Waals surface area contributed by atoms with Crippen LogP contribution in [0.5, 0.6) is 0 Å². The first kappa shape index (κ1) is 35.7. The third kappa shape index (κ3) is 6.02. The zero-order chi connectivity index (χ0) is 38.1. The Morgan fingerprint density at radius 3 is 2.02 bits per heavy atom. The quantitative estimate of drug-likeness (QED) is 0.124. The SMILES string of the molecule is CCCCCc1cc(-c2cc3c(cc2Nc2ccc(-c4ccccc4)cc2)C(C)(C)CCC3(C)C)c2c(c1)N1c3ccccc3C(C)(C)c3cccc(c31)B2. The maximum absolute atomic E-state index is 4.02. The summed E-state index contributed by atoms with van der Waals surface area (Å²) in [4.78, 5) is 2.64. The predicted octanol–water partition coefficient (Wildman–Crippen LogP) is 12.7. The van der Waals surface area contributed by atoms with E-state index in [4.69, 9.17) is 0 Å². The number of unbranched alkanes of at least 4 members (excludes halogenated alkanes) is 2. The molecule has 2 aliphatic heterocycles. The highest BCUT2D eigenvalue weighted by Gasteiger charge is 2.42. The number of anilines is 5. The van der Waals surface area contributed by atoms with Crippen LogP contribution >= 0.6 is 0 Å². The Hall–Kier alpha value is -5.02. The highest BCUT2D eigenvalue weighted by atomic mass is 15.2. The van der Waals surface area contributed by atoms with Crippen LogP contribution in [0.1, 0.15) is 108 Å². The van der Waals surface area contributed by atoms with Gasteiger partial charge in [-0.25, -0.2) is 0 Å². The van der Waals surface area contributed by atoms with Crippen LogP contribution in [0.15, 0.2) is 121 Å². The lowest BCUT2D eigenvalue weighted by Crippen LogP contribution is -2.45. The number of hydrogen-bond donors (Lipinski definition) is 1. The van der Waals surface area contributed by atoms with Crippen LogP contribution in [0.2, 0.25) is 0 Å². The number of rotatable bonds is 8. The van der Waals surface area contributed by atoms with Crippen LogP contribution in [-0.4, -0.2) is 7.28 Å². The van der Waals surface area contributed by atoms with Gasteiger partial charge in [-0.3, -0.25) is 0 Å². The van der Waals surface area contributed by atoms with Gasteiger partial charge in [-0.05, 0) is 123 Å². The molecule has 2 nitrogen and oxygen atoms in total. The molecule has 0 bridgehead atoms. The Bertz CT molecular complexity index is 2420. The molecule has 9 rings (SSSR count). The second-order valence-electron chi connectivity index (χ2n) is 18.3. The highest BCUT2D eigenvalue weighted by Crippen LogP contribution is 2.53. The zero-order valence-corrected chi connectivity index (χ0v) is 33.9. The maximum Gasteiger partial charge on any atom is 0.198 e. The van der Waals surface area contributed by atoms with Crippen molar-refractivity contribution >= 4 is 46.6 Å². The lowest BCUT2D eigenvalue weighted by Gasteiger charge is -2.46. The summed E-state index contributed by atoms with van der Waals surface area (Å²) in [5.74, 6) is 0. The van der Waals surface area contributed by atoms with Crippen LogP contribution in [0.25, 0.3) is 22.3 Å². The number of nitrogens with one attached hydrogen (secondary N) is 1. The number of benzene rings is 6. The number of nitrogens with zero attached hydrogens (tertiary/aromatic N) is 1. The van der Waals surface area contributed by atoms with Gasteiger partial charge in [-0.2, -0.15) is 0 Å². The average Bonchev–Trinajstić information content (AvgIpc) is 3.19. The normalized spacial score (nSPS) is 16.6. The van der Waals surface area contributed by atoms with Crippen molar-refractivity contribution in [1.82, 2.24) is 0 Å². The molecule has 0 aromatic heterocycles. The van der Waals surface area contributed by atoms with Gasteiger partial charge in [0, 0.05) is 33.7 Å². The molecule has 2 heterocycles. The molecule has 3 heteroatoms. The molecule has 6 aromatic rings. The van der Waals surface area contributed by atoms with Crippen LogP contribution < -0.4 is 21.1 Å². The minimum atomic E-state index is -0.0818. The second-order valence-corrected chi connectivity index (χ2v) is 18.3.